The topological polar surface area (TPSA) is 175 Å². The van der Waals surface area contributed by atoms with E-state index in [1.807, 2.05) is 49.9 Å². The first-order valence-electron chi connectivity index (χ1n) is 20.9. The molecule has 2 saturated heterocycles. The SMILES string of the molecule is COC(=O)N[C@H](C(=O)N1CCC[C@H]1c1ncc(-c2ccc(-c3ccc(-c4cnc(C56CCC(CN5C(=O)[C@@H](NC(=O)OC)C(C)C)C6)[nH]4)c4sc(C)cc34)cc2)[nH]1)C(C)C. The molecule has 2 unspecified atom stereocenters. The molecule has 3 aromatic heterocycles. The fourth-order valence-electron chi connectivity index (χ4n) is 9.55. The van der Waals surface area contributed by atoms with Crippen LogP contribution in [0.25, 0.3) is 43.7 Å². The number of carbonyl (C=O) groups excluding carboxylic acids is 4. The molecule has 1 saturated carbocycles. The highest BCUT2D eigenvalue weighted by Crippen LogP contribution is 2.53. The number of imidazole rings is 2. The van der Waals surface area contributed by atoms with Crippen LogP contribution in [0.1, 0.15) is 82.4 Å². The van der Waals surface area contributed by atoms with Gasteiger partial charge in [-0.1, -0.05) is 64.1 Å². The molecule has 8 rings (SSSR count). The summed E-state index contributed by atoms with van der Waals surface area (Å²) in [5.41, 5.74) is 5.45. The summed E-state index contributed by atoms with van der Waals surface area (Å²) in [6, 6.07) is 13.4. The number of benzene rings is 2. The van der Waals surface area contributed by atoms with Gasteiger partial charge in [0.2, 0.25) is 11.8 Å². The molecule has 3 aliphatic rings. The molecule has 2 bridgehead atoms. The number of aryl methyl sites for hydroxylation is 1. The maximum atomic E-state index is 14.1. The summed E-state index contributed by atoms with van der Waals surface area (Å²) < 4.78 is 10.8. The number of thiophene rings is 1. The first-order valence-corrected chi connectivity index (χ1v) is 21.7. The fourth-order valence-corrected chi connectivity index (χ4v) is 10.6. The van der Waals surface area contributed by atoms with Gasteiger partial charge in [-0.3, -0.25) is 9.59 Å². The van der Waals surface area contributed by atoms with E-state index in [1.54, 1.807) is 11.3 Å². The third-order valence-corrected chi connectivity index (χ3v) is 13.8. The molecular formula is C45H54N8O6S. The van der Waals surface area contributed by atoms with Crippen molar-refractivity contribution < 1.29 is 28.7 Å². The number of nitrogens with zero attached hydrogens (tertiary/aromatic N) is 4. The van der Waals surface area contributed by atoms with Crippen LogP contribution < -0.4 is 10.6 Å². The highest BCUT2D eigenvalue weighted by Gasteiger charge is 2.56. The number of methoxy groups -OCH3 is 2. The number of rotatable bonds is 11. The predicted molar refractivity (Wildman–Crippen MR) is 230 cm³/mol. The number of hydrogen-bond acceptors (Lipinski definition) is 9. The number of H-pyrrole nitrogens is 2. The number of carbonyl (C=O) groups is 4. The molecule has 5 heterocycles. The number of piperidine rings is 1. The second-order valence-electron chi connectivity index (χ2n) is 17.2. The van der Waals surface area contributed by atoms with Crippen molar-refractivity contribution in [3.63, 3.8) is 0 Å². The second kappa shape index (κ2) is 16.4. The van der Waals surface area contributed by atoms with Crippen molar-refractivity contribution in [1.82, 2.24) is 40.4 Å². The molecule has 3 fully saturated rings. The first-order chi connectivity index (χ1) is 28.8. The van der Waals surface area contributed by atoms with Crippen LogP contribution in [0.2, 0.25) is 0 Å². The Morgan fingerprint density at radius 1 is 0.833 bits per heavy atom. The van der Waals surface area contributed by atoms with Gasteiger partial charge in [-0.2, -0.15) is 0 Å². The lowest BCUT2D eigenvalue weighted by molar-refractivity contribution is -0.140. The highest BCUT2D eigenvalue weighted by molar-refractivity contribution is 7.19. The van der Waals surface area contributed by atoms with Crippen molar-refractivity contribution >= 4 is 45.4 Å². The lowest BCUT2D eigenvalue weighted by Gasteiger charge is -2.40. The Kier molecular flexibility index (Phi) is 11.2. The van der Waals surface area contributed by atoms with Gasteiger partial charge in [0.05, 0.1) is 44.0 Å². The van der Waals surface area contributed by atoms with Gasteiger partial charge in [0.1, 0.15) is 29.3 Å². The van der Waals surface area contributed by atoms with Crippen molar-refractivity contribution in [2.24, 2.45) is 17.8 Å². The Morgan fingerprint density at radius 3 is 2.15 bits per heavy atom. The van der Waals surface area contributed by atoms with Crippen LogP contribution >= 0.6 is 11.3 Å². The number of likely N-dealkylation sites (tertiary alicyclic amines) is 2. The second-order valence-corrected chi connectivity index (χ2v) is 18.4. The first kappa shape index (κ1) is 41.1. The minimum Gasteiger partial charge on any atom is -0.453 e. The van der Waals surface area contributed by atoms with Gasteiger partial charge in [-0.25, -0.2) is 19.6 Å². The number of aromatic amines is 2. The highest BCUT2D eigenvalue weighted by atomic mass is 32.1. The van der Waals surface area contributed by atoms with Gasteiger partial charge in [0.25, 0.3) is 0 Å². The molecule has 2 aromatic carbocycles. The minimum absolute atomic E-state index is 0.103. The summed E-state index contributed by atoms with van der Waals surface area (Å²) in [6.45, 7) is 11.0. The largest absolute Gasteiger partial charge is 0.453 e. The van der Waals surface area contributed by atoms with Crippen molar-refractivity contribution in [3.05, 3.63) is 71.4 Å². The Morgan fingerprint density at radius 2 is 1.48 bits per heavy atom. The molecule has 316 valence electrons. The molecule has 5 atom stereocenters. The molecular weight excluding hydrogens is 781 g/mol. The van der Waals surface area contributed by atoms with Crippen molar-refractivity contribution in [1.29, 1.82) is 0 Å². The Balaban J connectivity index is 1.02. The molecule has 0 spiro atoms. The lowest BCUT2D eigenvalue weighted by Crippen LogP contribution is -2.56. The number of fused-ring (bicyclic) bond motifs is 3. The van der Waals surface area contributed by atoms with E-state index in [1.165, 1.54) is 19.1 Å². The Hall–Kier alpha value is -5.70. The Bertz CT molecular complexity index is 2420. The maximum Gasteiger partial charge on any atom is 0.407 e. The van der Waals surface area contributed by atoms with Crippen LogP contribution in [0, 0.1) is 24.7 Å². The molecule has 4 N–H and O–H groups in total. The van der Waals surface area contributed by atoms with Crippen LogP contribution in [-0.2, 0) is 24.6 Å². The summed E-state index contributed by atoms with van der Waals surface area (Å²) in [6.07, 6.45) is 6.78. The van der Waals surface area contributed by atoms with Crippen LogP contribution in [0.3, 0.4) is 0 Å². The summed E-state index contributed by atoms with van der Waals surface area (Å²) in [5, 5.41) is 6.63. The van der Waals surface area contributed by atoms with E-state index in [9.17, 15) is 19.2 Å². The molecule has 2 aliphatic heterocycles. The monoisotopic (exact) mass is 834 g/mol. The van der Waals surface area contributed by atoms with Gasteiger partial charge >= 0.3 is 12.2 Å². The van der Waals surface area contributed by atoms with Gasteiger partial charge in [-0.15, -0.1) is 11.3 Å². The maximum absolute atomic E-state index is 14.1. The summed E-state index contributed by atoms with van der Waals surface area (Å²) in [4.78, 5) is 73.7. The molecule has 14 nitrogen and oxygen atoms in total. The summed E-state index contributed by atoms with van der Waals surface area (Å²) >= 11 is 1.75. The molecule has 0 radical (unpaired) electrons. The van der Waals surface area contributed by atoms with Gasteiger partial charge in [0, 0.05) is 33.6 Å². The number of nitrogens with one attached hydrogen (secondary N) is 4. The van der Waals surface area contributed by atoms with E-state index in [-0.39, 0.29) is 29.7 Å². The fraction of sp³-hybridized carbons (Fsp3) is 0.467. The molecule has 1 aliphatic carbocycles. The quantitative estimate of drug-likeness (QED) is 0.104. The van der Waals surface area contributed by atoms with Gasteiger partial charge in [0.15, 0.2) is 0 Å². The van der Waals surface area contributed by atoms with Gasteiger partial charge < -0.3 is 39.9 Å². The van der Waals surface area contributed by atoms with Crippen LogP contribution in [0.15, 0.2) is 54.9 Å². The molecule has 5 aromatic rings. The number of amides is 4. The third-order valence-electron chi connectivity index (χ3n) is 12.7. The number of hydrogen-bond donors (Lipinski definition) is 4. The van der Waals surface area contributed by atoms with E-state index < -0.39 is 29.8 Å². The van der Waals surface area contributed by atoms with E-state index in [2.05, 4.69) is 70.0 Å². The minimum atomic E-state index is -0.697. The molecule has 15 heteroatoms. The smallest absolute Gasteiger partial charge is 0.407 e. The predicted octanol–water partition coefficient (Wildman–Crippen LogP) is 7.92. The van der Waals surface area contributed by atoms with Crippen molar-refractivity contribution in [3.8, 4) is 33.6 Å². The molecule has 60 heavy (non-hydrogen) atoms. The standard InChI is InChI=1S/C45H54N8O6S/c1-24(2)36(50-43(56)58-6)40(54)52-18-8-9-35(52)39-46-21-33(48-39)29-12-10-28(11-13-29)30-14-15-31(38-32(30)19-26(5)60-38)34-22-47-42(49-34)45-17-16-27(20-45)23-53(45)41(55)37(25(3)4)51-44(57)59-7/h10-15,19,21-22,24-25,27,35-37H,8-9,16-18,20,23H2,1-7H3,(H,46,48)(H,47,49)(H,50,56)(H,51,57)/t27?,35-,36-,37-,45?/m0/s1. The van der Waals surface area contributed by atoms with Gasteiger partial charge in [-0.05, 0) is 79.5 Å². The average molecular weight is 835 g/mol. The summed E-state index contributed by atoms with van der Waals surface area (Å²) in [7, 11) is 2.60. The van der Waals surface area contributed by atoms with Crippen LogP contribution in [0.4, 0.5) is 9.59 Å². The number of aromatic nitrogens is 4. The molecule has 4 amide bonds. The zero-order chi connectivity index (χ0) is 42.5. The average Bonchev–Trinajstić information content (AvgIpc) is 4.10. The number of alkyl carbamates (subject to hydrolysis) is 2. The van der Waals surface area contributed by atoms with Crippen molar-refractivity contribution in [2.45, 2.75) is 90.4 Å². The summed E-state index contributed by atoms with van der Waals surface area (Å²) in [5.74, 6) is 1.43. The van der Waals surface area contributed by atoms with E-state index in [0.29, 0.717) is 19.0 Å². The van der Waals surface area contributed by atoms with E-state index in [4.69, 9.17) is 19.4 Å². The zero-order valence-corrected chi connectivity index (χ0v) is 36.1. The van der Waals surface area contributed by atoms with E-state index >= 15 is 0 Å². The number of ether oxygens (including phenoxy) is 2. The zero-order valence-electron chi connectivity index (χ0n) is 35.3. The van der Waals surface area contributed by atoms with Crippen LogP contribution in [-0.4, -0.2) is 93.1 Å². The Labute approximate surface area is 353 Å². The third kappa shape index (κ3) is 7.41. The normalized spacial score (nSPS) is 20.9. The lowest BCUT2D eigenvalue weighted by atomic mass is 9.93. The van der Waals surface area contributed by atoms with Crippen molar-refractivity contribution in [2.75, 3.05) is 27.3 Å². The van der Waals surface area contributed by atoms with E-state index in [0.717, 1.165) is 87.5 Å². The van der Waals surface area contributed by atoms with Crippen LogP contribution in [0.5, 0.6) is 0 Å².